The Hall–Kier alpha value is -1.59. The van der Waals surface area contributed by atoms with Crippen LogP contribution in [0.1, 0.15) is 6.42 Å². The molecule has 0 atom stereocenters. The summed E-state index contributed by atoms with van der Waals surface area (Å²) in [6.07, 6.45) is -0.488. The normalized spacial score (nSPS) is 19.8. The van der Waals surface area contributed by atoms with Gasteiger partial charge in [0.2, 0.25) is 11.4 Å². The molecule has 0 bridgehead atoms. The Labute approximate surface area is 60.8 Å². The van der Waals surface area contributed by atoms with Crippen LogP contribution in [0, 0.1) is 0 Å². The van der Waals surface area contributed by atoms with Crippen LogP contribution >= 0.6 is 0 Å². The van der Waals surface area contributed by atoms with Crippen molar-refractivity contribution in [3.63, 3.8) is 0 Å². The van der Waals surface area contributed by atoms with E-state index in [0.717, 1.165) is 0 Å². The molecule has 3 N–H and O–H groups in total. The lowest BCUT2D eigenvalue weighted by molar-refractivity contribution is -0.169. The molecule has 0 aliphatic carbocycles. The molecule has 1 amide bonds. The fraction of sp³-hybridized carbons (Fsp3) is 0.400. The molecule has 6 nitrogen and oxygen atoms in total. The highest BCUT2D eigenvalue weighted by Gasteiger charge is 2.56. The van der Waals surface area contributed by atoms with E-state index in [1.807, 2.05) is 5.32 Å². The van der Waals surface area contributed by atoms with Crippen LogP contribution in [0.3, 0.4) is 0 Å². The van der Waals surface area contributed by atoms with Gasteiger partial charge in [0.15, 0.2) is 0 Å². The molecule has 6 heteroatoms. The molecule has 0 aromatic heterocycles. The van der Waals surface area contributed by atoms with Crippen LogP contribution < -0.4 is 5.32 Å². The zero-order chi connectivity index (χ0) is 8.65. The van der Waals surface area contributed by atoms with Gasteiger partial charge < -0.3 is 15.5 Å². The van der Waals surface area contributed by atoms with Crippen LogP contribution in [-0.4, -0.2) is 33.6 Å². The summed E-state index contributed by atoms with van der Waals surface area (Å²) in [4.78, 5) is 30.9. The number of amides is 1. The van der Waals surface area contributed by atoms with Gasteiger partial charge in [-0.05, 0) is 0 Å². The van der Waals surface area contributed by atoms with Crippen molar-refractivity contribution in [1.82, 2.24) is 5.32 Å². The summed E-state index contributed by atoms with van der Waals surface area (Å²) in [6.45, 7) is 0. The average Bonchev–Trinajstić information content (AvgIpc) is 1.78. The average molecular weight is 159 g/mol. The van der Waals surface area contributed by atoms with Crippen LogP contribution in [0.2, 0.25) is 0 Å². The maximum atomic E-state index is 10.3. The lowest BCUT2D eigenvalue weighted by atomic mass is 9.87. The molecule has 1 fully saturated rings. The number of carboxylic acids is 2. The van der Waals surface area contributed by atoms with E-state index in [-0.39, 0.29) is 0 Å². The van der Waals surface area contributed by atoms with Crippen molar-refractivity contribution in [2.45, 2.75) is 12.0 Å². The Morgan fingerprint density at radius 2 is 1.73 bits per heavy atom. The van der Waals surface area contributed by atoms with Gasteiger partial charge in [-0.1, -0.05) is 0 Å². The van der Waals surface area contributed by atoms with Gasteiger partial charge in [0, 0.05) is 0 Å². The van der Waals surface area contributed by atoms with E-state index in [4.69, 9.17) is 10.2 Å². The highest BCUT2D eigenvalue weighted by molar-refractivity contribution is 6.14. The van der Waals surface area contributed by atoms with Crippen LogP contribution in [0.15, 0.2) is 0 Å². The van der Waals surface area contributed by atoms with E-state index in [1.165, 1.54) is 0 Å². The lowest BCUT2D eigenvalue weighted by Crippen LogP contribution is -2.70. The van der Waals surface area contributed by atoms with Gasteiger partial charge in [-0.3, -0.25) is 4.79 Å². The predicted molar refractivity (Wildman–Crippen MR) is 30.8 cm³/mol. The summed E-state index contributed by atoms with van der Waals surface area (Å²) in [5.74, 6) is -3.64. The third-order valence-corrected chi connectivity index (χ3v) is 1.51. The number of carbonyl (C=O) groups excluding carboxylic acids is 1. The Bertz CT molecular complexity index is 221. The maximum absolute atomic E-state index is 10.3. The first-order chi connectivity index (χ1) is 4.99. The highest BCUT2D eigenvalue weighted by Crippen LogP contribution is 2.20. The van der Waals surface area contributed by atoms with E-state index in [2.05, 4.69) is 0 Å². The Morgan fingerprint density at radius 3 is 1.82 bits per heavy atom. The Balaban J connectivity index is 2.85. The molecule has 60 valence electrons. The SMILES string of the molecule is O=C1CC(C(=O)O)(C(=O)O)N1. The molecule has 11 heavy (non-hydrogen) atoms. The number of aliphatic carboxylic acids is 2. The van der Waals surface area contributed by atoms with E-state index < -0.39 is 29.8 Å². The topological polar surface area (TPSA) is 104 Å². The van der Waals surface area contributed by atoms with Crippen molar-refractivity contribution in [3.8, 4) is 0 Å². The maximum Gasteiger partial charge on any atom is 0.341 e. The number of hydrogen-bond acceptors (Lipinski definition) is 3. The zero-order valence-corrected chi connectivity index (χ0v) is 5.33. The first kappa shape index (κ1) is 7.52. The third kappa shape index (κ3) is 0.830. The standard InChI is InChI=1S/C5H5NO5/c7-2-1-5(6-2,3(8)9)4(10)11/h1H2,(H,6,7)(H,8,9)(H,10,11). The number of carboxylic acid groups (broad SMARTS) is 2. The lowest BCUT2D eigenvalue weighted by Gasteiger charge is -2.33. The first-order valence-electron chi connectivity index (χ1n) is 2.77. The summed E-state index contributed by atoms with van der Waals surface area (Å²) in [5, 5.41) is 18.6. The molecule has 1 saturated heterocycles. The van der Waals surface area contributed by atoms with Gasteiger partial charge in [0.1, 0.15) is 0 Å². The second kappa shape index (κ2) is 1.94. The van der Waals surface area contributed by atoms with Crippen molar-refractivity contribution < 1.29 is 24.6 Å². The third-order valence-electron chi connectivity index (χ3n) is 1.51. The van der Waals surface area contributed by atoms with Gasteiger partial charge in [-0.25, -0.2) is 9.59 Å². The summed E-state index contributed by atoms with van der Waals surface area (Å²) in [7, 11) is 0. The smallest absolute Gasteiger partial charge is 0.341 e. The van der Waals surface area contributed by atoms with Crippen LogP contribution in [0.4, 0.5) is 0 Å². The Kier molecular flexibility index (Phi) is 1.33. The fourth-order valence-electron chi connectivity index (χ4n) is 0.810. The molecule has 0 aromatic carbocycles. The molecule has 0 saturated carbocycles. The second-order valence-corrected chi connectivity index (χ2v) is 2.24. The number of carbonyl (C=O) groups is 3. The van der Waals surface area contributed by atoms with Crippen molar-refractivity contribution in [2.75, 3.05) is 0 Å². The highest BCUT2D eigenvalue weighted by atomic mass is 16.4. The molecule has 0 unspecified atom stereocenters. The molecular weight excluding hydrogens is 154 g/mol. The molecule has 0 radical (unpaired) electrons. The largest absolute Gasteiger partial charge is 0.479 e. The molecular formula is C5H5NO5. The predicted octanol–water partition coefficient (Wildman–Crippen LogP) is -1.59. The first-order valence-corrected chi connectivity index (χ1v) is 2.77. The van der Waals surface area contributed by atoms with E-state index in [9.17, 15) is 14.4 Å². The number of rotatable bonds is 2. The van der Waals surface area contributed by atoms with Crippen molar-refractivity contribution in [3.05, 3.63) is 0 Å². The minimum absolute atomic E-state index is 0.488. The van der Waals surface area contributed by atoms with Crippen LogP contribution in [0.25, 0.3) is 0 Å². The van der Waals surface area contributed by atoms with Gasteiger partial charge in [0.25, 0.3) is 0 Å². The summed E-state index contributed by atoms with van der Waals surface area (Å²) >= 11 is 0. The van der Waals surface area contributed by atoms with Crippen molar-refractivity contribution in [1.29, 1.82) is 0 Å². The molecule has 1 aliphatic rings. The van der Waals surface area contributed by atoms with Gasteiger partial charge in [-0.2, -0.15) is 0 Å². The quantitative estimate of drug-likeness (QED) is 0.333. The van der Waals surface area contributed by atoms with E-state index in [0.29, 0.717) is 0 Å². The van der Waals surface area contributed by atoms with Gasteiger partial charge in [-0.15, -0.1) is 0 Å². The number of β-lactam (4-membered cyclic amide) rings is 1. The number of nitrogens with one attached hydrogen (secondary N) is 1. The fourth-order valence-corrected chi connectivity index (χ4v) is 0.810. The van der Waals surface area contributed by atoms with Crippen LogP contribution in [-0.2, 0) is 14.4 Å². The molecule has 1 heterocycles. The van der Waals surface area contributed by atoms with Gasteiger partial charge >= 0.3 is 11.9 Å². The van der Waals surface area contributed by atoms with Crippen molar-refractivity contribution >= 4 is 17.8 Å². The summed E-state index contributed by atoms with van der Waals surface area (Å²) in [6, 6.07) is 0. The molecule has 0 aromatic rings. The zero-order valence-electron chi connectivity index (χ0n) is 5.33. The molecule has 0 spiro atoms. The Morgan fingerprint density at radius 1 is 1.36 bits per heavy atom. The number of hydrogen-bond donors (Lipinski definition) is 3. The summed E-state index contributed by atoms with van der Waals surface area (Å²) < 4.78 is 0. The van der Waals surface area contributed by atoms with Gasteiger partial charge in [0.05, 0.1) is 6.42 Å². The molecule has 1 rings (SSSR count). The summed E-state index contributed by atoms with van der Waals surface area (Å²) in [5.41, 5.74) is -2.07. The van der Waals surface area contributed by atoms with E-state index in [1.54, 1.807) is 0 Å². The monoisotopic (exact) mass is 159 g/mol. The minimum atomic E-state index is -2.07. The second-order valence-electron chi connectivity index (χ2n) is 2.24. The molecule has 1 aliphatic heterocycles. The van der Waals surface area contributed by atoms with Crippen molar-refractivity contribution in [2.24, 2.45) is 0 Å². The minimum Gasteiger partial charge on any atom is -0.479 e. The van der Waals surface area contributed by atoms with Crippen LogP contribution in [0.5, 0.6) is 0 Å². The van der Waals surface area contributed by atoms with E-state index >= 15 is 0 Å².